The number of carbonyl (C=O) groups is 1. The van der Waals surface area contributed by atoms with E-state index in [0.717, 1.165) is 12.8 Å². The molecule has 1 unspecified atom stereocenters. The van der Waals surface area contributed by atoms with E-state index in [4.69, 9.17) is 4.74 Å². The molecule has 0 fully saturated rings. The lowest BCUT2D eigenvalue weighted by molar-refractivity contribution is 0.0600. The number of hydrogen-bond donors (Lipinski definition) is 0. The van der Waals surface area contributed by atoms with Crippen LogP contribution in [0.15, 0.2) is 48.5 Å². The molecular formula is C20H19IO2. The molecule has 23 heavy (non-hydrogen) atoms. The van der Waals surface area contributed by atoms with Gasteiger partial charge in [-0.25, -0.2) is 4.79 Å². The molecule has 118 valence electrons. The van der Waals surface area contributed by atoms with Crippen molar-refractivity contribution < 1.29 is 9.53 Å². The van der Waals surface area contributed by atoms with Crippen molar-refractivity contribution in [1.29, 1.82) is 0 Å². The molecule has 3 rings (SSSR count). The normalized spacial score (nSPS) is 17.0. The second-order valence-electron chi connectivity index (χ2n) is 5.97. The summed E-state index contributed by atoms with van der Waals surface area (Å²) in [4.78, 5) is 11.8. The summed E-state index contributed by atoms with van der Waals surface area (Å²) in [5, 5.41) is 0. The number of halogens is 1. The molecule has 2 aromatic rings. The Morgan fingerprint density at radius 2 is 1.91 bits per heavy atom. The van der Waals surface area contributed by atoms with Crippen molar-refractivity contribution in [2.45, 2.75) is 19.8 Å². The average molecular weight is 418 g/mol. The molecule has 0 aromatic heterocycles. The van der Waals surface area contributed by atoms with Gasteiger partial charge in [0.2, 0.25) is 0 Å². The van der Waals surface area contributed by atoms with Crippen molar-refractivity contribution in [2.75, 3.05) is 7.11 Å². The molecule has 1 aliphatic carbocycles. The summed E-state index contributed by atoms with van der Waals surface area (Å²) in [7, 11) is 1.42. The second kappa shape index (κ2) is 6.87. The monoisotopic (exact) mass is 418 g/mol. The van der Waals surface area contributed by atoms with Crippen molar-refractivity contribution in [3.05, 3.63) is 74.4 Å². The van der Waals surface area contributed by atoms with Gasteiger partial charge in [-0.05, 0) is 87.9 Å². The first-order chi connectivity index (χ1) is 11.1. The van der Waals surface area contributed by atoms with Gasteiger partial charge in [0.1, 0.15) is 0 Å². The third-order valence-corrected chi connectivity index (χ3v) is 5.01. The van der Waals surface area contributed by atoms with Gasteiger partial charge in [0.15, 0.2) is 0 Å². The molecular weight excluding hydrogens is 399 g/mol. The number of fused-ring (bicyclic) bond motifs is 1. The van der Waals surface area contributed by atoms with Crippen LogP contribution < -0.4 is 0 Å². The van der Waals surface area contributed by atoms with Gasteiger partial charge in [-0.2, -0.15) is 0 Å². The number of methoxy groups -OCH3 is 1. The lowest BCUT2D eigenvalue weighted by Gasteiger charge is -2.13. The lowest BCUT2D eigenvalue weighted by Crippen LogP contribution is -2.03. The quantitative estimate of drug-likeness (QED) is 0.502. The first-order valence-corrected chi connectivity index (χ1v) is 8.85. The molecule has 0 saturated heterocycles. The number of rotatable bonds is 2. The van der Waals surface area contributed by atoms with E-state index < -0.39 is 0 Å². The summed E-state index contributed by atoms with van der Waals surface area (Å²) in [6, 6.07) is 14.5. The first-order valence-electron chi connectivity index (χ1n) is 7.78. The van der Waals surface area contributed by atoms with Crippen LogP contribution in [0.1, 0.15) is 40.4 Å². The fourth-order valence-corrected chi connectivity index (χ4v) is 3.39. The topological polar surface area (TPSA) is 26.3 Å². The fourth-order valence-electron chi connectivity index (χ4n) is 3.03. The molecule has 0 aliphatic heterocycles. The van der Waals surface area contributed by atoms with Gasteiger partial charge in [0.05, 0.1) is 12.7 Å². The zero-order valence-electron chi connectivity index (χ0n) is 13.3. The van der Waals surface area contributed by atoms with Gasteiger partial charge in [-0.1, -0.05) is 31.2 Å². The van der Waals surface area contributed by atoms with Crippen LogP contribution >= 0.6 is 22.6 Å². The fraction of sp³-hybridized carbons (Fsp3) is 0.250. The Kier molecular flexibility index (Phi) is 4.85. The predicted molar refractivity (Wildman–Crippen MR) is 102 cm³/mol. The minimum atomic E-state index is -0.273. The number of ether oxygens (including phenoxy) is 1. The van der Waals surface area contributed by atoms with Crippen LogP contribution in [0.3, 0.4) is 0 Å². The summed E-state index contributed by atoms with van der Waals surface area (Å²) in [6.45, 7) is 2.25. The Hall–Kier alpha value is -1.62. The smallest absolute Gasteiger partial charge is 0.337 e. The van der Waals surface area contributed by atoms with E-state index in [1.54, 1.807) is 0 Å². The molecule has 0 N–H and O–H groups in total. The summed E-state index contributed by atoms with van der Waals surface area (Å²) in [6.07, 6.45) is 4.42. The number of benzene rings is 2. The molecule has 1 atom stereocenters. The molecule has 2 aromatic carbocycles. The summed E-state index contributed by atoms with van der Waals surface area (Å²) >= 11 is 2.32. The van der Waals surface area contributed by atoms with Crippen LogP contribution in [0, 0.1) is 9.49 Å². The van der Waals surface area contributed by atoms with Crippen LogP contribution in [-0.4, -0.2) is 13.1 Å². The molecule has 0 saturated carbocycles. The predicted octanol–water partition coefficient (Wildman–Crippen LogP) is 5.09. The van der Waals surface area contributed by atoms with Gasteiger partial charge >= 0.3 is 5.97 Å². The Morgan fingerprint density at radius 3 is 2.61 bits per heavy atom. The third-order valence-electron chi connectivity index (χ3n) is 4.29. The maximum atomic E-state index is 11.8. The zero-order chi connectivity index (χ0) is 16.4. The summed E-state index contributed by atoms with van der Waals surface area (Å²) in [5.41, 5.74) is 5.57. The number of hydrogen-bond acceptors (Lipinski definition) is 2. The minimum Gasteiger partial charge on any atom is -0.465 e. The number of allylic oxidation sites excluding steroid dienone is 1. The number of carbonyl (C=O) groups excluding carboxylic acids is 1. The standard InChI is InChI=1S/C20H19IO2/c1-13-3-4-15-12-16(20(22)23-2)7-10-18(15)19(11-13)14-5-8-17(21)9-6-14/h5-13H,3-4H2,1-2H3. The van der Waals surface area contributed by atoms with E-state index in [0.29, 0.717) is 11.5 Å². The molecule has 0 bridgehead atoms. The van der Waals surface area contributed by atoms with Crippen LogP contribution in [-0.2, 0) is 11.2 Å². The Morgan fingerprint density at radius 1 is 1.17 bits per heavy atom. The molecule has 0 radical (unpaired) electrons. The van der Waals surface area contributed by atoms with Crippen LogP contribution in [0.2, 0.25) is 0 Å². The third kappa shape index (κ3) is 3.50. The van der Waals surface area contributed by atoms with Crippen LogP contribution in [0.4, 0.5) is 0 Å². The van der Waals surface area contributed by atoms with E-state index in [1.807, 2.05) is 12.1 Å². The first kappa shape index (κ1) is 16.2. The highest BCUT2D eigenvalue weighted by atomic mass is 127. The highest BCUT2D eigenvalue weighted by Crippen LogP contribution is 2.33. The van der Waals surface area contributed by atoms with E-state index in [9.17, 15) is 4.79 Å². The van der Waals surface area contributed by atoms with Crippen molar-refractivity contribution in [2.24, 2.45) is 5.92 Å². The largest absolute Gasteiger partial charge is 0.465 e. The molecule has 0 spiro atoms. The summed E-state index contributed by atoms with van der Waals surface area (Å²) < 4.78 is 6.08. The molecule has 2 nitrogen and oxygen atoms in total. The van der Waals surface area contributed by atoms with Crippen LogP contribution in [0.5, 0.6) is 0 Å². The van der Waals surface area contributed by atoms with Gasteiger partial charge in [0, 0.05) is 3.57 Å². The lowest BCUT2D eigenvalue weighted by atomic mass is 9.92. The Bertz CT molecular complexity index is 760. The molecule has 1 aliphatic rings. The van der Waals surface area contributed by atoms with E-state index >= 15 is 0 Å². The van der Waals surface area contributed by atoms with E-state index in [1.165, 1.54) is 32.9 Å². The zero-order valence-corrected chi connectivity index (χ0v) is 15.5. The van der Waals surface area contributed by atoms with E-state index in [-0.39, 0.29) is 5.97 Å². The maximum absolute atomic E-state index is 11.8. The number of esters is 1. The van der Waals surface area contributed by atoms with Crippen molar-refractivity contribution in [3.8, 4) is 0 Å². The van der Waals surface area contributed by atoms with Crippen LogP contribution in [0.25, 0.3) is 5.57 Å². The van der Waals surface area contributed by atoms with Gasteiger partial charge in [-0.3, -0.25) is 0 Å². The maximum Gasteiger partial charge on any atom is 0.337 e. The molecule has 0 amide bonds. The van der Waals surface area contributed by atoms with Gasteiger partial charge < -0.3 is 4.74 Å². The number of aryl methyl sites for hydroxylation is 1. The Labute approximate surface area is 150 Å². The SMILES string of the molecule is COC(=O)c1ccc2c(c1)CCC(C)C=C2c1ccc(I)cc1. The molecule has 3 heteroatoms. The van der Waals surface area contributed by atoms with Crippen molar-refractivity contribution in [3.63, 3.8) is 0 Å². The minimum absolute atomic E-state index is 0.273. The van der Waals surface area contributed by atoms with Crippen molar-refractivity contribution in [1.82, 2.24) is 0 Å². The molecule has 0 heterocycles. The summed E-state index contributed by atoms with van der Waals surface area (Å²) in [5.74, 6) is 0.239. The average Bonchev–Trinajstić information content (AvgIpc) is 2.74. The van der Waals surface area contributed by atoms with Gasteiger partial charge in [-0.15, -0.1) is 0 Å². The van der Waals surface area contributed by atoms with Gasteiger partial charge in [0.25, 0.3) is 0 Å². The Balaban J connectivity index is 2.10. The van der Waals surface area contributed by atoms with Crippen molar-refractivity contribution >= 4 is 34.1 Å². The van der Waals surface area contributed by atoms with E-state index in [2.05, 4.69) is 65.9 Å². The second-order valence-corrected chi connectivity index (χ2v) is 7.21. The highest BCUT2D eigenvalue weighted by Gasteiger charge is 2.18. The highest BCUT2D eigenvalue weighted by molar-refractivity contribution is 14.1.